The lowest BCUT2D eigenvalue weighted by molar-refractivity contribution is 0.323. The summed E-state index contributed by atoms with van der Waals surface area (Å²) in [5.41, 5.74) is 3.49. The number of benzene rings is 2. The standard InChI is InChI=1S/C20H24N2O3/c1-13(15-10-18(23-2)20(25-4)19(11-15)24-3)22-12-14-6-5-7-17-16(14)8-9-21-17/h5-11,13,21-22H,12H2,1-4H3. The highest BCUT2D eigenvalue weighted by Crippen LogP contribution is 2.39. The number of hydrogen-bond donors (Lipinski definition) is 2. The molecule has 132 valence electrons. The van der Waals surface area contributed by atoms with Crippen molar-refractivity contribution >= 4 is 10.9 Å². The lowest BCUT2D eigenvalue weighted by atomic mass is 10.1. The quantitative estimate of drug-likeness (QED) is 0.681. The molecule has 1 aromatic heterocycles. The number of H-pyrrole nitrogens is 1. The third-order valence-electron chi connectivity index (χ3n) is 4.47. The van der Waals surface area contributed by atoms with Crippen molar-refractivity contribution in [1.29, 1.82) is 0 Å². The molecule has 1 atom stereocenters. The third-order valence-corrected chi connectivity index (χ3v) is 4.47. The number of methoxy groups -OCH3 is 3. The van der Waals surface area contributed by atoms with Crippen LogP contribution in [0.3, 0.4) is 0 Å². The summed E-state index contributed by atoms with van der Waals surface area (Å²) >= 11 is 0. The molecule has 0 aliphatic heterocycles. The highest BCUT2D eigenvalue weighted by atomic mass is 16.5. The van der Waals surface area contributed by atoms with Crippen molar-refractivity contribution in [3.05, 3.63) is 53.7 Å². The van der Waals surface area contributed by atoms with Crippen molar-refractivity contribution in [3.8, 4) is 17.2 Å². The van der Waals surface area contributed by atoms with Crippen molar-refractivity contribution in [1.82, 2.24) is 10.3 Å². The van der Waals surface area contributed by atoms with E-state index in [1.54, 1.807) is 21.3 Å². The Kier molecular flexibility index (Phi) is 5.14. The first-order chi connectivity index (χ1) is 12.2. The fourth-order valence-electron chi connectivity index (χ4n) is 3.04. The summed E-state index contributed by atoms with van der Waals surface area (Å²) in [4.78, 5) is 3.25. The fourth-order valence-corrected chi connectivity index (χ4v) is 3.04. The monoisotopic (exact) mass is 340 g/mol. The van der Waals surface area contributed by atoms with E-state index < -0.39 is 0 Å². The van der Waals surface area contributed by atoms with Crippen LogP contribution in [0, 0.1) is 0 Å². The normalized spacial score (nSPS) is 12.2. The molecule has 2 N–H and O–H groups in total. The van der Waals surface area contributed by atoms with Gasteiger partial charge in [0.25, 0.3) is 0 Å². The van der Waals surface area contributed by atoms with Crippen LogP contribution >= 0.6 is 0 Å². The van der Waals surface area contributed by atoms with Crippen LogP contribution in [0.1, 0.15) is 24.1 Å². The maximum Gasteiger partial charge on any atom is 0.203 e. The first-order valence-corrected chi connectivity index (χ1v) is 8.26. The molecule has 0 bridgehead atoms. The number of aromatic nitrogens is 1. The van der Waals surface area contributed by atoms with Gasteiger partial charge in [0.15, 0.2) is 11.5 Å². The topological polar surface area (TPSA) is 55.5 Å². The van der Waals surface area contributed by atoms with Gasteiger partial charge in [0.2, 0.25) is 5.75 Å². The Balaban J connectivity index is 1.81. The van der Waals surface area contributed by atoms with Gasteiger partial charge in [0, 0.05) is 29.7 Å². The number of fused-ring (bicyclic) bond motifs is 1. The highest BCUT2D eigenvalue weighted by molar-refractivity contribution is 5.82. The molecule has 1 unspecified atom stereocenters. The number of rotatable bonds is 7. The van der Waals surface area contributed by atoms with Crippen molar-refractivity contribution in [2.75, 3.05) is 21.3 Å². The SMILES string of the molecule is COc1cc(C(C)NCc2cccc3[nH]ccc23)cc(OC)c1OC. The summed E-state index contributed by atoms with van der Waals surface area (Å²) in [5.74, 6) is 1.94. The van der Waals surface area contributed by atoms with Crippen molar-refractivity contribution in [3.63, 3.8) is 0 Å². The van der Waals surface area contributed by atoms with Crippen LogP contribution in [-0.4, -0.2) is 26.3 Å². The molecule has 0 saturated carbocycles. The first kappa shape index (κ1) is 17.2. The largest absolute Gasteiger partial charge is 0.493 e. The predicted octanol–water partition coefficient (Wildman–Crippen LogP) is 4.04. The van der Waals surface area contributed by atoms with Crippen LogP contribution in [0.15, 0.2) is 42.6 Å². The maximum atomic E-state index is 5.44. The smallest absolute Gasteiger partial charge is 0.203 e. The van der Waals surface area contributed by atoms with Crippen molar-refractivity contribution in [2.45, 2.75) is 19.5 Å². The molecule has 1 heterocycles. The van der Waals surface area contributed by atoms with E-state index in [1.807, 2.05) is 18.3 Å². The Labute approximate surface area is 147 Å². The lowest BCUT2D eigenvalue weighted by Crippen LogP contribution is -2.18. The molecule has 0 amide bonds. The van der Waals surface area contributed by atoms with Crippen LogP contribution < -0.4 is 19.5 Å². The summed E-state index contributed by atoms with van der Waals surface area (Å²) in [6.45, 7) is 2.89. The zero-order valence-electron chi connectivity index (χ0n) is 15.1. The lowest BCUT2D eigenvalue weighted by Gasteiger charge is -2.19. The van der Waals surface area contributed by atoms with E-state index in [-0.39, 0.29) is 6.04 Å². The summed E-state index contributed by atoms with van der Waals surface area (Å²) in [6.07, 6.45) is 1.97. The van der Waals surface area contributed by atoms with Gasteiger partial charge in [-0.3, -0.25) is 0 Å². The highest BCUT2D eigenvalue weighted by Gasteiger charge is 2.16. The van der Waals surface area contributed by atoms with Gasteiger partial charge in [-0.2, -0.15) is 0 Å². The Hall–Kier alpha value is -2.66. The van der Waals surface area contributed by atoms with E-state index in [0.717, 1.165) is 17.6 Å². The molecule has 3 aromatic rings. The Bertz CT molecular complexity index is 832. The van der Waals surface area contributed by atoms with Gasteiger partial charge in [0.1, 0.15) is 0 Å². The molecule has 5 heteroatoms. The second-order valence-corrected chi connectivity index (χ2v) is 5.92. The number of aromatic amines is 1. The molecular formula is C20H24N2O3. The summed E-state index contributed by atoms with van der Waals surface area (Å²) in [6, 6.07) is 12.5. The van der Waals surface area contributed by atoms with Gasteiger partial charge < -0.3 is 24.5 Å². The average molecular weight is 340 g/mol. The molecule has 0 saturated heterocycles. The predicted molar refractivity (Wildman–Crippen MR) is 99.7 cm³/mol. The molecule has 0 aliphatic carbocycles. The van der Waals surface area contributed by atoms with E-state index in [9.17, 15) is 0 Å². The molecule has 0 radical (unpaired) electrons. The van der Waals surface area contributed by atoms with Crippen LogP contribution in [0.2, 0.25) is 0 Å². The zero-order chi connectivity index (χ0) is 17.8. The summed E-state index contributed by atoms with van der Waals surface area (Å²) < 4.78 is 16.3. The minimum Gasteiger partial charge on any atom is -0.493 e. The van der Waals surface area contributed by atoms with Crippen LogP contribution in [-0.2, 0) is 6.54 Å². The van der Waals surface area contributed by atoms with Gasteiger partial charge in [-0.15, -0.1) is 0 Å². The van der Waals surface area contributed by atoms with Gasteiger partial charge >= 0.3 is 0 Å². The molecule has 0 fully saturated rings. The van der Waals surface area contributed by atoms with Crippen LogP contribution in [0.25, 0.3) is 10.9 Å². The van der Waals surface area contributed by atoms with Gasteiger partial charge in [-0.25, -0.2) is 0 Å². The fraction of sp³-hybridized carbons (Fsp3) is 0.300. The van der Waals surface area contributed by atoms with E-state index in [0.29, 0.717) is 17.2 Å². The molecule has 3 rings (SSSR count). The first-order valence-electron chi connectivity index (χ1n) is 8.26. The van der Waals surface area contributed by atoms with E-state index in [4.69, 9.17) is 14.2 Å². The van der Waals surface area contributed by atoms with E-state index >= 15 is 0 Å². The van der Waals surface area contributed by atoms with E-state index in [1.165, 1.54) is 10.9 Å². The molecule has 0 aliphatic rings. The Morgan fingerprint density at radius 1 is 1.00 bits per heavy atom. The van der Waals surface area contributed by atoms with Gasteiger partial charge in [-0.1, -0.05) is 12.1 Å². The maximum absolute atomic E-state index is 5.44. The average Bonchev–Trinajstić information content (AvgIpc) is 3.14. The molecule has 2 aromatic carbocycles. The zero-order valence-corrected chi connectivity index (χ0v) is 15.1. The minimum atomic E-state index is 0.128. The van der Waals surface area contributed by atoms with Gasteiger partial charge in [0.05, 0.1) is 21.3 Å². The van der Waals surface area contributed by atoms with Crippen molar-refractivity contribution in [2.24, 2.45) is 0 Å². The number of hydrogen-bond acceptors (Lipinski definition) is 4. The molecule has 0 spiro atoms. The minimum absolute atomic E-state index is 0.128. The van der Waals surface area contributed by atoms with Crippen LogP contribution in [0.5, 0.6) is 17.2 Å². The second kappa shape index (κ2) is 7.49. The molecule has 25 heavy (non-hydrogen) atoms. The second-order valence-electron chi connectivity index (χ2n) is 5.92. The Morgan fingerprint density at radius 2 is 1.72 bits per heavy atom. The Morgan fingerprint density at radius 3 is 2.36 bits per heavy atom. The summed E-state index contributed by atoms with van der Waals surface area (Å²) in [7, 11) is 4.87. The third kappa shape index (κ3) is 3.42. The van der Waals surface area contributed by atoms with E-state index in [2.05, 4.69) is 41.5 Å². The number of ether oxygens (including phenoxy) is 3. The van der Waals surface area contributed by atoms with Gasteiger partial charge in [-0.05, 0) is 42.3 Å². The number of nitrogens with one attached hydrogen (secondary N) is 2. The molecular weight excluding hydrogens is 316 g/mol. The van der Waals surface area contributed by atoms with Crippen molar-refractivity contribution < 1.29 is 14.2 Å². The summed E-state index contributed by atoms with van der Waals surface area (Å²) in [5, 5.41) is 4.81. The van der Waals surface area contributed by atoms with Crippen LogP contribution in [0.4, 0.5) is 0 Å². The molecule has 5 nitrogen and oxygen atoms in total.